The van der Waals surface area contributed by atoms with Gasteiger partial charge in [0.1, 0.15) is 5.92 Å². The van der Waals surface area contributed by atoms with E-state index < -0.39 is 17.3 Å². The number of carbonyl (C=O) groups excluding carboxylic acids is 1. The van der Waals surface area contributed by atoms with Crippen LogP contribution in [-0.4, -0.2) is 35.5 Å². The molecule has 18 heavy (non-hydrogen) atoms. The van der Waals surface area contributed by atoms with Crippen LogP contribution in [0.1, 0.15) is 40.0 Å². The van der Waals surface area contributed by atoms with Crippen LogP contribution in [0.25, 0.3) is 0 Å². The first-order valence-electron chi connectivity index (χ1n) is 6.30. The fourth-order valence-corrected chi connectivity index (χ4v) is 2.23. The van der Waals surface area contributed by atoms with Gasteiger partial charge in [-0.1, -0.05) is 27.2 Å². The third-order valence-corrected chi connectivity index (χ3v) is 3.40. The minimum absolute atomic E-state index is 0.375. The van der Waals surface area contributed by atoms with E-state index in [1.54, 1.807) is 20.8 Å². The van der Waals surface area contributed by atoms with E-state index in [9.17, 15) is 9.59 Å². The predicted octanol–water partition coefficient (Wildman–Crippen LogP) is 2.38. The van der Waals surface area contributed by atoms with Crippen LogP contribution in [0, 0.1) is 11.3 Å². The average Bonchev–Trinajstić information content (AvgIpc) is 2.20. The monoisotopic (exact) mass is 275 g/mol. The van der Waals surface area contributed by atoms with Gasteiger partial charge in [-0.05, 0) is 30.3 Å². The number of carboxylic acids is 1. The SMILES string of the molecule is CSCCCCCNC(=O)C(C(=O)O)C(C)(C)C. The molecule has 0 bridgehead atoms. The normalized spacial score (nSPS) is 13.1. The molecule has 1 unspecified atom stereocenters. The van der Waals surface area contributed by atoms with E-state index in [0.717, 1.165) is 25.0 Å². The van der Waals surface area contributed by atoms with Crippen molar-refractivity contribution in [3.8, 4) is 0 Å². The molecule has 0 aromatic carbocycles. The van der Waals surface area contributed by atoms with Gasteiger partial charge in [0.15, 0.2) is 0 Å². The first-order valence-corrected chi connectivity index (χ1v) is 7.69. The van der Waals surface area contributed by atoms with Gasteiger partial charge in [-0.25, -0.2) is 0 Å². The predicted molar refractivity (Wildman–Crippen MR) is 75.8 cm³/mol. The largest absolute Gasteiger partial charge is 0.481 e. The van der Waals surface area contributed by atoms with Crippen LogP contribution in [0.5, 0.6) is 0 Å². The van der Waals surface area contributed by atoms with Gasteiger partial charge in [0.25, 0.3) is 0 Å². The fraction of sp³-hybridized carbons (Fsp3) is 0.846. The van der Waals surface area contributed by atoms with E-state index in [-0.39, 0.29) is 5.91 Å². The molecule has 0 aromatic rings. The van der Waals surface area contributed by atoms with Crippen LogP contribution in [0.15, 0.2) is 0 Å². The topological polar surface area (TPSA) is 66.4 Å². The lowest BCUT2D eigenvalue weighted by Crippen LogP contribution is -2.43. The molecule has 106 valence electrons. The summed E-state index contributed by atoms with van der Waals surface area (Å²) in [5.74, 6) is -1.28. The Balaban J connectivity index is 4.02. The Hall–Kier alpha value is -0.710. The summed E-state index contributed by atoms with van der Waals surface area (Å²) in [6.45, 7) is 5.87. The second-order valence-corrected chi connectivity index (χ2v) is 6.47. The number of unbranched alkanes of at least 4 members (excludes halogenated alkanes) is 2. The Morgan fingerprint density at radius 1 is 1.22 bits per heavy atom. The molecule has 0 heterocycles. The Labute approximate surface area is 114 Å². The van der Waals surface area contributed by atoms with E-state index >= 15 is 0 Å². The molecule has 0 aromatic heterocycles. The second kappa shape index (κ2) is 8.40. The lowest BCUT2D eigenvalue weighted by Gasteiger charge is -2.25. The van der Waals surface area contributed by atoms with Crippen LogP contribution in [0.2, 0.25) is 0 Å². The average molecular weight is 275 g/mol. The van der Waals surface area contributed by atoms with Gasteiger partial charge >= 0.3 is 5.97 Å². The van der Waals surface area contributed by atoms with Crippen LogP contribution < -0.4 is 5.32 Å². The Morgan fingerprint density at radius 2 is 1.83 bits per heavy atom. The van der Waals surface area contributed by atoms with Gasteiger partial charge in [-0.3, -0.25) is 9.59 Å². The highest BCUT2D eigenvalue weighted by Gasteiger charge is 2.37. The molecule has 1 atom stereocenters. The van der Waals surface area contributed by atoms with Gasteiger partial charge in [0.2, 0.25) is 5.91 Å². The lowest BCUT2D eigenvalue weighted by molar-refractivity contribution is -0.151. The van der Waals surface area contributed by atoms with Gasteiger partial charge < -0.3 is 10.4 Å². The zero-order valence-electron chi connectivity index (χ0n) is 11.8. The summed E-state index contributed by atoms with van der Waals surface area (Å²) in [7, 11) is 0. The highest BCUT2D eigenvalue weighted by Crippen LogP contribution is 2.26. The van der Waals surface area contributed by atoms with Crippen molar-refractivity contribution in [1.82, 2.24) is 5.32 Å². The van der Waals surface area contributed by atoms with Crippen molar-refractivity contribution < 1.29 is 14.7 Å². The second-order valence-electron chi connectivity index (χ2n) is 5.48. The van der Waals surface area contributed by atoms with Crippen molar-refractivity contribution >= 4 is 23.6 Å². The Morgan fingerprint density at radius 3 is 2.28 bits per heavy atom. The molecule has 0 saturated heterocycles. The van der Waals surface area contributed by atoms with Gasteiger partial charge in [-0.2, -0.15) is 11.8 Å². The molecule has 0 fully saturated rings. The third kappa shape index (κ3) is 6.89. The molecular weight excluding hydrogens is 250 g/mol. The van der Waals surface area contributed by atoms with Crippen LogP contribution >= 0.6 is 11.8 Å². The van der Waals surface area contributed by atoms with E-state index in [4.69, 9.17) is 5.11 Å². The molecule has 5 heteroatoms. The van der Waals surface area contributed by atoms with E-state index in [2.05, 4.69) is 11.6 Å². The number of nitrogens with one attached hydrogen (secondary N) is 1. The summed E-state index contributed by atoms with van der Waals surface area (Å²) in [6, 6.07) is 0. The molecule has 0 radical (unpaired) electrons. The summed E-state index contributed by atoms with van der Waals surface area (Å²) in [5, 5.41) is 11.8. The highest BCUT2D eigenvalue weighted by molar-refractivity contribution is 7.98. The number of hydrogen-bond acceptors (Lipinski definition) is 3. The minimum atomic E-state index is -1.05. The van der Waals surface area contributed by atoms with E-state index in [0.29, 0.717) is 6.54 Å². The Bertz CT molecular complexity index is 274. The third-order valence-electron chi connectivity index (χ3n) is 2.70. The quantitative estimate of drug-likeness (QED) is 0.527. The van der Waals surface area contributed by atoms with Crippen molar-refractivity contribution in [3.63, 3.8) is 0 Å². The molecule has 0 aliphatic rings. The number of aliphatic carboxylic acids is 1. The Kier molecular flexibility index (Phi) is 8.07. The number of rotatable bonds is 8. The summed E-state index contributed by atoms with van der Waals surface area (Å²) < 4.78 is 0. The van der Waals surface area contributed by atoms with Crippen LogP contribution in [0.3, 0.4) is 0 Å². The number of amides is 1. The number of carboxylic acid groups (broad SMARTS) is 1. The molecule has 1 amide bonds. The van der Waals surface area contributed by atoms with Crippen LogP contribution in [0.4, 0.5) is 0 Å². The molecule has 4 nitrogen and oxygen atoms in total. The van der Waals surface area contributed by atoms with Crippen molar-refractivity contribution in [2.24, 2.45) is 11.3 Å². The molecule has 2 N–H and O–H groups in total. The van der Waals surface area contributed by atoms with Gasteiger partial charge in [0, 0.05) is 6.54 Å². The minimum Gasteiger partial charge on any atom is -0.481 e. The molecular formula is C13H25NO3S. The van der Waals surface area contributed by atoms with E-state index in [1.807, 2.05) is 11.8 Å². The molecule has 0 saturated carbocycles. The lowest BCUT2D eigenvalue weighted by atomic mass is 9.80. The highest BCUT2D eigenvalue weighted by atomic mass is 32.2. The maximum Gasteiger partial charge on any atom is 0.316 e. The number of hydrogen-bond donors (Lipinski definition) is 2. The number of thioether (sulfide) groups is 1. The first-order chi connectivity index (χ1) is 8.30. The first kappa shape index (κ1) is 17.3. The molecule has 0 aliphatic heterocycles. The fourth-order valence-electron chi connectivity index (χ4n) is 1.74. The van der Waals surface area contributed by atoms with Crippen molar-refractivity contribution in [2.45, 2.75) is 40.0 Å². The van der Waals surface area contributed by atoms with Crippen LogP contribution in [-0.2, 0) is 9.59 Å². The van der Waals surface area contributed by atoms with Gasteiger partial charge in [-0.15, -0.1) is 0 Å². The summed E-state index contributed by atoms with van der Waals surface area (Å²) in [6.07, 6.45) is 5.18. The smallest absolute Gasteiger partial charge is 0.316 e. The maximum absolute atomic E-state index is 11.8. The van der Waals surface area contributed by atoms with E-state index in [1.165, 1.54) is 0 Å². The zero-order chi connectivity index (χ0) is 14.2. The maximum atomic E-state index is 11.8. The van der Waals surface area contributed by atoms with Crippen molar-refractivity contribution in [2.75, 3.05) is 18.6 Å². The summed E-state index contributed by atoms with van der Waals surface area (Å²) >= 11 is 1.81. The van der Waals surface area contributed by atoms with Gasteiger partial charge in [0.05, 0.1) is 0 Å². The molecule has 0 aliphatic carbocycles. The standard InChI is InChI=1S/C13H25NO3S/c1-13(2,3)10(12(16)17)11(15)14-8-6-5-7-9-18-4/h10H,5-9H2,1-4H3,(H,14,15)(H,16,17). The summed E-state index contributed by atoms with van der Waals surface area (Å²) in [5.41, 5.74) is -0.561. The summed E-state index contributed by atoms with van der Waals surface area (Å²) in [4.78, 5) is 22.9. The number of carbonyl (C=O) groups is 2. The van der Waals surface area contributed by atoms with Crippen molar-refractivity contribution in [3.05, 3.63) is 0 Å². The molecule has 0 rings (SSSR count). The zero-order valence-corrected chi connectivity index (χ0v) is 12.6. The molecule has 0 spiro atoms. The van der Waals surface area contributed by atoms with Crippen molar-refractivity contribution in [1.29, 1.82) is 0 Å².